The van der Waals surface area contributed by atoms with E-state index in [1.165, 1.54) is 0 Å². The third kappa shape index (κ3) is 3.07. The highest BCUT2D eigenvalue weighted by atomic mass is 16.7. The molecule has 0 unspecified atom stereocenters. The summed E-state index contributed by atoms with van der Waals surface area (Å²) in [4.78, 5) is 1.79. The molecule has 3 aliphatic rings. The van der Waals surface area contributed by atoms with E-state index in [2.05, 4.69) is 0 Å². The standard InChI is InChI=1S/C14H25NO9/c16-4-7-10(20)11(21)12(22)14(23-7)24-13-8-5(17)1-2-15(8)3-6(18)9(13)19/h5-14,16-22H,1-4H2/t5-,6-,7+,8+,9+,10-,11-,12+,13+,14+/m0/s1. The van der Waals surface area contributed by atoms with Gasteiger partial charge in [0.15, 0.2) is 6.29 Å². The molecule has 0 aromatic carbocycles. The molecule has 10 nitrogen and oxygen atoms in total. The van der Waals surface area contributed by atoms with Gasteiger partial charge in [-0.3, -0.25) is 4.90 Å². The van der Waals surface area contributed by atoms with Crippen LogP contribution in [0.5, 0.6) is 0 Å². The number of aliphatic hydroxyl groups is 7. The average Bonchev–Trinajstić information content (AvgIpc) is 2.92. The molecule has 0 radical (unpaired) electrons. The second-order valence-electron chi connectivity index (χ2n) is 6.70. The van der Waals surface area contributed by atoms with E-state index in [1.807, 2.05) is 0 Å². The summed E-state index contributed by atoms with van der Waals surface area (Å²) in [5.74, 6) is 0. The molecule has 3 saturated heterocycles. The van der Waals surface area contributed by atoms with Gasteiger partial charge in [-0.25, -0.2) is 0 Å². The molecule has 0 spiro atoms. The highest BCUT2D eigenvalue weighted by Gasteiger charge is 2.52. The molecule has 3 heterocycles. The summed E-state index contributed by atoms with van der Waals surface area (Å²) < 4.78 is 10.9. The van der Waals surface area contributed by atoms with Gasteiger partial charge in [0.1, 0.15) is 36.6 Å². The maximum absolute atomic E-state index is 10.2. The average molecular weight is 351 g/mol. The van der Waals surface area contributed by atoms with Gasteiger partial charge in [0.25, 0.3) is 0 Å². The summed E-state index contributed by atoms with van der Waals surface area (Å²) in [6.07, 6.45) is -11.1. The first-order valence-electron chi connectivity index (χ1n) is 8.09. The normalized spacial score (nSPS) is 53.1. The number of ether oxygens (including phenoxy) is 2. The van der Waals surface area contributed by atoms with Gasteiger partial charge in [0, 0.05) is 13.1 Å². The van der Waals surface area contributed by atoms with Crippen molar-refractivity contribution < 1.29 is 45.2 Å². The van der Waals surface area contributed by atoms with E-state index in [0.717, 1.165) is 0 Å². The second-order valence-corrected chi connectivity index (χ2v) is 6.70. The third-order valence-electron chi connectivity index (χ3n) is 5.16. The number of hydrogen-bond donors (Lipinski definition) is 7. The van der Waals surface area contributed by atoms with Crippen LogP contribution in [0.25, 0.3) is 0 Å². The molecular weight excluding hydrogens is 326 g/mol. The van der Waals surface area contributed by atoms with Gasteiger partial charge < -0.3 is 45.2 Å². The van der Waals surface area contributed by atoms with Gasteiger partial charge in [0.05, 0.1) is 24.9 Å². The Morgan fingerprint density at radius 2 is 1.62 bits per heavy atom. The van der Waals surface area contributed by atoms with Crippen LogP contribution in [-0.4, -0.2) is 122 Å². The minimum absolute atomic E-state index is 0.192. The van der Waals surface area contributed by atoms with Gasteiger partial charge in [-0.2, -0.15) is 0 Å². The van der Waals surface area contributed by atoms with Crippen LogP contribution in [0.3, 0.4) is 0 Å². The van der Waals surface area contributed by atoms with Crippen LogP contribution in [0.15, 0.2) is 0 Å². The van der Waals surface area contributed by atoms with Crippen molar-refractivity contribution in [1.29, 1.82) is 0 Å². The van der Waals surface area contributed by atoms with Crippen molar-refractivity contribution in [2.24, 2.45) is 0 Å². The van der Waals surface area contributed by atoms with Gasteiger partial charge >= 0.3 is 0 Å². The van der Waals surface area contributed by atoms with E-state index in [-0.39, 0.29) is 6.54 Å². The first kappa shape index (κ1) is 18.4. The molecule has 140 valence electrons. The Morgan fingerprint density at radius 3 is 2.29 bits per heavy atom. The lowest BCUT2D eigenvalue weighted by Gasteiger charge is -2.47. The van der Waals surface area contributed by atoms with Crippen LogP contribution >= 0.6 is 0 Å². The summed E-state index contributed by atoms with van der Waals surface area (Å²) in [6.45, 7) is 0.125. The maximum atomic E-state index is 10.2. The summed E-state index contributed by atoms with van der Waals surface area (Å²) in [5.41, 5.74) is 0. The zero-order valence-corrected chi connectivity index (χ0v) is 13.0. The van der Waals surface area contributed by atoms with Crippen LogP contribution in [0.4, 0.5) is 0 Å². The number of aliphatic hydroxyl groups excluding tert-OH is 7. The molecule has 3 fully saturated rings. The molecule has 7 N–H and O–H groups in total. The van der Waals surface area contributed by atoms with Crippen molar-refractivity contribution >= 4 is 0 Å². The molecule has 3 rings (SSSR count). The van der Waals surface area contributed by atoms with Crippen LogP contribution in [0.2, 0.25) is 0 Å². The lowest BCUT2D eigenvalue weighted by atomic mass is 9.92. The van der Waals surface area contributed by atoms with Crippen LogP contribution in [0.1, 0.15) is 6.42 Å². The fourth-order valence-electron chi connectivity index (χ4n) is 3.77. The number of rotatable bonds is 3. The first-order valence-corrected chi connectivity index (χ1v) is 8.09. The Morgan fingerprint density at radius 1 is 0.917 bits per heavy atom. The number of hydrogen-bond acceptors (Lipinski definition) is 10. The van der Waals surface area contributed by atoms with Crippen molar-refractivity contribution in [2.45, 2.75) is 67.6 Å². The number of nitrogens with zero attached hydrogens (tertiary/aromatic N) is 1. The van der Waals surface area contributed by atoms with Gasteiger partial charge in [0.2, 0.25) is 0 Å². The molecule has 0 aromatic rings. The smallest absolute Gasteiger partial charge is 0.187 e. The van der Waals surface area contributed by atoms with Gasteiger partial charge in [-0.05, 0) is 6.42 Å². The van der Waals surface area contributed by atoms with Crippen LogP contribution in [0, 0.1) is 0 Å². The molecule has 24 heavy (non-hydrogen) atoms. The van der Waals surface area contributed by atoms with E-state index in [0.29, 0.717) is 13.0 Å². The Labute approximate surface area is 138 Å². The zero-order chi connectivity index (χ0) is 17.6. The topological polar surface area (TPSA) is 163 Å². The molecule has 10 heteroatoms. The highest BCUT2D eigenvalue weighted by Crippen LogP contribution is 2.33. The largest absolute Gasteiger partial charge is 0.394 e. The Kier molecular flexibility index (Phi) is 5.42. The number of piperidine rings is 1. The van der Waals surface area contributed by atoms with Crippen molar-refractivity contribution in [2.75, 3.05) is 19.7 Å². The molecule has 0 saturated carbocycles. The summed E-state index contributed by atoms with van der Waals surface area (Å²) in [5, 5.41) is 69.2. The minimum atomic E-state index is -1.61. The van der Waals surface area contributed by atoms with E-state index in [9.17, 15) is 35.7 Å². The summed E-state index contributed by atoms with van der Waals surface area (Å²) in [7, 11) is 0. The third-order valence-corrected chi connectivity index (χ3v) is 5.16. The van der Waals surface area contributed by atoms with E-state index in [4.69, 9.17) is 9.47 Å². The predicted octanol–water partition coefficient (Wildman–Crippen LogP) is -4.66. The first-order chi connectivity index (χ1) is 11.3. The SMILES string of the molecule is OC[C@H]1O[C@H](O[C@H]2[C@H](O)[C@@H](O)CN3CC[C@H](O)[C@H]23)[C@H](O)[C@@H](O)[C@H]1O. The molecule has 3 aliphatic heterocycles. The fourth-order valence-corrected chi connectivity index (χ4v) is 3.77. The monoisotopic (exact) mass is 351 g/mol. The minimum Gasteiger partial charge on any atom is -0.394 e. The van der Waals surface area contributed by atoms with E-state index in [1.54, 1.807) is 4.90 Å². The quantitative estimate of drug-likeness (QED) is 0.263. The lowest BCUT2D eigenvalue weighted by molar-refractivity contribution is -0.328. The second kappa shape index (κ2) is 7.08. The molecular formula is C14H25NO9. The van der Waals surface area contributed by atoms with E-state index >= 15 is 0 Å². The van der Waals surface area contributed by atoms with Crippen molar-refractivity contribution in [3.05, 3.63) is 0 Å². The number of fused-ring (bicyclic) bond motifs is 1. The fraction of sp³-hybridized carbons (Fsp3) is 1.00. The van der Waals surface area contributed by atoms with Crippen molar-refractivity contribution in [1.82, 2.24) is 4.90 Å². The maximum Gasteiger partial charge on any atom is 0.187 e. The molecule has 10 atom stereocenters. The predicted molar refractivity (Wildman–Crippen MR) is 76.6 cm³/mol. The summed E-state index contributed by atoms with van der Waals surface area (Å²) in [6, 6.07) is -0.587. The van der Waals surface area contributed by atoms with Crippen molar-refractivity contribution in [3.8, 4) is 0 Å². The van der Waals surface area contributed by atoms with Gasteiger partial charge in [-0.15, -0.1) is 0 Å². The Bertz CT molecular complexity index is 438. The highest BCUT2D eigenvalue weighted by molar-refractivity contribution is 5.03. The lowest BCUT2D eigenvalue weighted by Crippen LogP contribution is -2.66. The van der Waals surface area contributed by atoms with Crippen molar-refractivity contribution in [3.63, 3.8) is 0 Å². The molecule has 0 aliphatic carbocycles. The Hall–Kier alpha value is -0.400. The Balaban J connectivity index is 1.77. The molecule has 0 aromatic heterocycles. The van der Waals surface area contributed by atoms with Gasteiger partial charge in [-0.1, -0.05) is 0 Å². The summed E-state index contributed by atoms with van der Waals surface area (Å²) >= 11 is 0. The molecule has 0 amide bonds. The molecule has 0 bridgehead atoms. The van der Waals surface area contributed by atoms with Crippen LogP contribution < -0.4 is 0 Å². The van der Waals surface area contributed by atoms with Crippen LogP contribution in [-0.2, 0) is 9.47 Å². The zero-order valence-electron chi connectivity index (χ0n) is 13.0. The van der Waals surface area contributed by atoms with E-state index < -0.39 is 67.8 Å².